The van der Waals surface area contributed by atoms with Crippen molar-refractivity contribution in [2.45, 2.75) is 13.5 Å². The first kappa shape index (κ1) is 19.1. The van der Waals surface area contributed by atoms with Crippen LogP contribution in [0.3, 0.4) is 0 Å². The summed E-state index contributed by atoms with van der Waals surface area (Å²) in [6, 6.07) is 5.62. The predicted molar refractivity (Wildman–Crippen MR) is 104 cm³/mol. The topological polar surface area (TPSA) is 65.5 Å². The van der Waals surface area contributed by atoms with Crippen LogP contribution in [0.4, 0.5) is 5.13 Å². The van der Waals surface area contributed by atoms with Crippen LogP contribution in [0, 0.1) is 0 Å². The number of carbonyl (C=O) groups is 2. The molecule has 0 saturated carbocycles. The van der Waals surface area contributed by atoms with Crippen LogP contribution in [0.15, 0.2) is 23.6 Å². The molecule has 0 atom stereocenters. The molecule has 2 amide bonds. The Morgan fingerprint density at radius 3 is 2.65 bits per heavy atom. The van der Waals surface area contributed by atoms with Gasteiger partial charge in [0.05, 0.1) is 10.0 Å². The number of thiazole rings is 1. The Balaban J connectivity index is 1.56. The first-order chi connectivity index (χ1) is 12.4. The normalized spacial score (nSPS) is 15.1. The summed E-state index contributed by atoms with van der Waals surface area (Å²) in [5, 5.41) is 5.84. The molecule has 1 saturated heterocycles. The molecular weight excluding hydrogens is 395 g/mol. The van der Waals surface area contributed by atoms with Gasteiger partial charge in [-0.15, -0.1) is 11.3 Å². The summed E-state index contributed by atoms with van der Waals surface area (Å²) < 4.78 is 0. The van der Waals surface area contributed by atoms with Crippen LogP contribution in [0.1, 0.15) is 23.0 Å². The van der Waals surface area contributed by atoms with E-state index in [9.17, 15) is 9.59 Å². The second-order valence-electron chi connectivity index (χ2n) is 6.00. The fourth-order valence-electron chi connectivity index (χ4n) is 2.76. The molecule has 138 valence electrons. The van der Waals surface area contributed by atoms with E-state index in [1.807, 2.05) is 12.1 Å². The maximum absolute atomic E-state index is 12.6. The average Bonchev–Trinajstić information content (AvgIpc) is 3.07. The van der Waals surface area contributed by atoms with Crippen LogP contribution in [-0.4, -0.2) is 52.8 Å². The van der Waals surface area contributed by atoms with E-state index in [-0.39, 0.29) is 11.8 Å². The van der Waals surface area contributed by atoms with E-state index in [0.717, 1.165) is 18.7 Å². The number of carbonyl (C=O) groups excluding carboxylic acids is 2. The minimum atomic E-state index is -0.202. The molecule has 0 aliphatic carbocycles. The zero-order chi connectivity index (χ0) is 18.7. The van der Waals surface area contributed by atoms with Crippen molar-refractivity contribution in [3.8, 4) is 0 Å². The Morgan fingerprint density at radius 1 is 1.23 bits per heavy atom. The Labute approximate surface area is 165 Å². The SMILES string of the molecule is CC(=O)Nc1nc(C(=O)N2CCN(Cc3cccc(Cl)c3Cl)CC2)cs1. The number of hydrogen-bond donors (Lipinski definition) is 1. The highest BCUT2D eigenvalue weighted by atomic mass is 35.5. The number of rotatable bonds is 4. The number of hydrogen-bond acceptors (Lipinski definition) is 5. The van der Waals surface area contributed by atoms with Crippen molar-refractivity contribution in [1.82, 2.24) is 14.8 Å². The molecule has 1 N–H and O–H groups in total. The highest BCUT2D eigenvalue weighted by Gasteiger charge is 2.24. The molecule has 1 fully saturated rings. The average molecular weight is 413 g/mol. The molecule has 6 nitrogen and oxygen atoms in total. The largest absolute Gasteiger partial charge is 0.335 e. The minimum Gasteiger partial charge on any atom is -0.335 e. The molecule has 1 aromatic heterocycles. The number of nitrogens with zero attached hydrogens (tertiary/aromatic N) is 3. The first-order valence-electron chi connectivity index (χ1n) is 8.11. The molecule has 1 aliphatic heterocycles. The number of piperazine rings is 1. The number of aromatic nitrogens is 1. The maximum Gasteiger partial charge on any atom is 0.273 e. The van der Waals surface area contributed by atoms with E-state index in [0.29, 0.717) is 40.5 Å². The Bertz CT molecular complexity index is 819. The molecule has 1 aromatic carbocycles. The minimum absolute atomic E-state index is 0.113. The van der Waals surface area contributed by atoms with Gasteiger partial charge in [-0.05, 0) is 11.6 Å². The predicted octanol–water partition coefficient (Wildman–Crippen LogP) is 3.37. The van der Waals surface area contributed by atoms with Crippen molar-refractivity contribution < 1.29 is 9.59 Å². The van der Waals surface area contributed by atoms with Crippen molar-refractivity contribution in [1.29, 1.82) is 0 Å². The van der Waals surface area contributed by atoms with Gasteiger partial charge in [-0.3, -0.25) is 14.5 Å². The van der Waals surface area contributed by atoms with Crippen molar-refractivity contribution in [3.63, 3.8) is 0 Å². The third-order valence-corrected chi connectivity index (χ3v) is 5.71. The summed E-state index contributed by atoms with van der Waals surface area (Å²) in [5.74, 6) is -0.315. The van der Waals surface area contributed by atoms with Crippen molar-refractivity contribution in [2.24, 2.45) is 0 Å². The van der Waals surface area contributed by atoms with E-state index in [4.69, 9.17) is 23.2 Å². The number of amides is 2. The third kappa shape index (κ3) is 4.54. The smallest absolute Gasteiger partial charge is 0.273 e. The van der Waals surface area contributed by atoms with Gasteiger partial charge in [-0.2, -0.15) is 0 Å². The number of anilines is 1. The molecule has 2 heterocycles. The lowest BCUT2D eigenvalue weighted by molar-refractivity contribution is -0.114. The molecule has 9 heteroatoms. The van der Waals surface area contributed by atoms with E-state index >= 15 is 0 Å². The summed E-state index contributed by atoms with van der Waals surface area (Å²) >= 11 is 13.6. The number of benzene rings is 1. The van der Waals surface area contributed by atoms with Gasteiger partial charge in [0.1, 0.15) is 5.69 Å². The summed E-state index contributed by atoms with van der Waals surface area (Å²) in [6.45, 7) is 4.83. The summed E-state index contributed by atoms with van der Waals surface area (Å²) in [5.41, 5.74) is 1.35. The second-order valence-corrected chi connectivity index (χ2v) is 7.64. The Hall–Kier alpha value is -1.67. The van der Waals surface area contributed by atoms with E-state index in [2.05, 4.69) is 15.2 Å². The lowest BCUT2D eigenvalue weighted by Gasteiger charge is -2.34. The van der Waals surface area contributed by atoms with Gasteiger partial charge in [0.2, 0.25) is 5.91 Å². The van der Waals surface area contributed by atoms with Crippen molar-refractivity contribution in [3.05, 3.63) is 44.9 Å². The molecule has 26 heavy (non-hydrogen) atoms. The van der Waals surface area contributed by atoms with E-state index in [1.54, 1.807) is 16.3 Å². The molecule has 0 unspecified atom stereocenters. The molecule has 0 spiro atoms. The Kier molecular flexibility index (Phi) is 6.13. The zero-order valence-electron chi connectivity index (χ0n) is 14.2. The summed E-state index contributed by atoms with van der Waals surface area (Å²) in [7, 11) is 0. The molecule has 3 rings (SSSR count). The highest BCUT2D eigenvalue weighted by molar-refractivity contribution is 7.14. The van der Waals surface area contributed by atoms with Crippen LogP contribution >= 0.6 is 34.5 Å². The van der Waals surface area contributed by atoms with Gasteiger partial charge >= 0.3 is 0 Å². The third-order valence-electron chi connectivity index (χ3n) is 4.09. The lowest BCUT2D eigenvalue weighted by Crippen LogP contribution is -2.48. The quantitative estimate of drug-likeness (QED) is 0.835. The van der Waals surface area contributed by atoms with Gasteiger partial charge in [-0.25, -0.2) is 4.98 Å². The van der Waals surface area contributed by atoms with Gasteiger partial charge < -0.3 is 10.2 Å². The van der Waals surface area contributed by atoms with Gasteiger partial charge in [0, 0.05) is 45.0 Å². The maximum atomic E-state index is 12.6. The fourth-order valence-corrected chi connectivity index (χ4v) is 3.87. The van der Waals surface area contributed by atoms with Crippen LogP contribution in [0.5, 0.6) is 0 Å². The van der Waals surface area contributed by atoms with Gasteiger partial charge in [0.15, 0.2) is 5.13 Å². The molecule has 1 aliphatic rings. The summed E-state index contributed by atoms with van der Waals surface area (Å²) in [6.07, 6.45) is 0. The van der Waals surface area contributed by atoms with Crippen LogP contribution in [-0.2, 0) is 11.3 Å². The molecule has 0 bridgehead atoms. The van der Waals surface area contributed by atoms with Crippen LogP contribution in [0.2, 0.25) is 10.0 Å². The zero-order valence-corrected chi connectivity index (χ0v) is 16.5. The van der Waals surface area contributed by atoms with Crippen molar-refractivity contribution in [2.75, 3.05) is 31.5 Å². The molecular formula is C17H18Cl2N4O2S. The first-order valence-corrected chi connectivity index (χ1v) is 9.75. The molecule has 2 aromatic rings. The van der Waals surface area contributed by atoms with Crippen molar-refractivity contribution >= 4 is 51.5 Å². The van der Waals surface area contributed by atoms with E-state index < -0.39 is 0 Å². The number of halogens is 2. The van der Waals surface area contributed by atoms with Gasteiger partial charge in [0.25, 0.3) is 5.91 Å². The Morgan fingerprint density at radius 2 is 1.96 bits per heavy atom. The van der Waals surface area contributed by atoms with E-state index in [1.165, 1.54) is 18.3 Å². The lowest BCUT2D eigenvalue weighted by atomic mass is 10.2. The number of nitrogens with one attached hydrogen (secondary N) is 1. The monoisotopic (exact) mass is 412 g/mol. The van der Waals surface area contributed by atoms with Gasteiger partial charge in [-0.1, -0.05) is 35.3 Å². The standard InChI is InChI=1S/C17H18Cl2N4O2S/c1-11(24)20-17-21-14(10-26-17)16(25)23-7-5-22(6-8-23)9-12-3-2-4-13(18)15(12)19/h2-4,10H,5-9H2,1H3,(H,20,21,24). The van der Waals surface area contributed by atoms with Crippen LogP contribution < -0.4 is 5.32 Å². The van der Waals surface area contributed by atoms with Crippen LogP contribution in [0.25, 0.3) is 0 Å². The summed E-state index contributed by atoms with van der Waals surface area (Å²) in [4.78, 5) is 31.8. The molecule has 0 radical (unpaired) electrons. The second kappa shape index (κ2) is 8.35. The fraction of sp³-hybridized carbons (Fsp3) is 0.353. The highest BCUT2D eigenvalue weighted by Crippen LogP contribution is 2.27.